The molecule has 1 aliphatic rings. The number of carbonyl (C=O) groups is 2. The standard InChI is InChI=1S/C19H25NO4/c1-14-11-20(13-19(14,5)16(21)24-18(2,3)4)17(22)23-12-15-9-7-6-8-10-15/h6-10H,1,11-13H2,2-5H3/t19-/m1/s1. The predicted octanol–water partition coefficient (Wildman–Crippen LogP) is 3.54. The highest BCUT2D eigenvalue weighted by Crippen LogP contribution is 2.36. The first-order valence-corrected chi connectivity index (χ1v) is 7.99. The molecular formula is C19H25NO4. The zero-order valence-corrected chi connectivity index (χ0v) is 14.8. The molecule has 0 bridgehead atoms. The molecule has 1 saturated heterocycles. The minimum Gasteiger partial charge on any atom is -0.459 e. The van der Waals surface area contributed by atoms with Gasteiger partial charge in [-0.1, -0.05) is 36.9 Å². The molecule has 130 valence electrons. The van der Waals surface area contributed by atoms with Gasteiger partial charge in [0, 0.05) is 13.1 Å². The summed E-state index contributed by atoms with van der Waals surface area (Å²) >= 11 is 0. The van der Waals surface area contributed by atoms with Crippen LogP contribution in [0.15, 0.2) is 42.5 Å². The molecule has 24 heavy (non-hydrogen) atoms. The Morgan fingerprint density at radius 2 is 1.88 bits per heavy atom. The van der Waals surface area contributed by atoms with E-state index in [2.05, 4.69) is 6.58 Å². The molecule has 1 aliphatic heterocycles. The third kappa shape index (κ3) is 4.16. The zero-order chi connectivity index (χ0) is 18.0. The van der Waals surface area contributed by atoms with Gasteiger partial charge in [-0.15, -0.1) is 0 Å². The number of carbonyl (C=O) groups excluding carboxylic acids is 2. The zero-order valence-electron chi connectivity index (χ0n) is 14.8. The van der Waals surface area contributed by atoms with Gasteiger partial charge in [0.05, 0.1) is 0 Å². The van der Waals surface area contributed by atoms with Gasteiger partial charge in [0.25, 0.3) is 0 Å². The lowest BCUT2D eigenvalue weighted by molar-refractivity contribution is -0.163. The van der Waals surface area contributed by atoms with Crippen molar-refractivity contribution < 1.29 is 19.1 Å². The molecule has 0 spiro atoms. The lowest BCUT2D eigenvalue weighted by atomic mass is 9.86. The normalized spacial score (nSPS) is 20.8. The minimum absolute atomic E-state index is 0.200. The van der Waals surface area contributed by atoms with Crippen molar-refractivity contribution in [2.75, 3.05) is 13.1 Å². The van der Waals surface area contributed by atoms with Crippen LogP contribution in [0.1, 0.15) is 33.3 Å². The van der Waals surface area contributed by atoms with Crippen molar-refractivity contribution in [3.05, 3.63) is 48.0 Å². The molecule has 1 fully saturated rings. The number of likely N-dealkylation sites (tertiary alicyclic amines) is 1. The molecule has 1 atom stereocenters. The smallest absolute Gasteiger partial charge is 0.410 e. The van der Waals surface area contributed by atoms with Gasteiger partial charge in [0.15, 0.2) is 0 Å². The first-order valence-electron chi connectivity index (χ1n) is 7.99. The predicted molar refractivity (Wildman–Crippen MR) is 91.3 cm³/mol. The lowest BCUT2D eigenvalue weighted by Gasteiger charge is -2.28. The van der Waals surface area contributed by atoms with E-state index in [1.807, 2.05) is 51.1 Å². The van der Waals surface area contributed by atoms with Crippen LogP contribution in [0.4, 0.5) is 4.79 Å². The maximum absolute atomic E-state index is 12.5. The molecule has 1 heterocycles. The second kappa shape index (κ2) is 6.67. The Morgan fingerprint density at radius 3 is 2.46 bits per heavy atom. The summed E-state index contributed by atoms with van der Waals surface area (Å²) in [6.45, 7) is 11.9. The van der Waals surface area contributed by atoms with Crippen molar-refractivity contribution >= 4 is 12.1 Å². The number of hydrogen-bond acceptors (Lipinski definition) is 4. The van der Waals surface area contributed by atoms with Crippen molar-refractivity contribution in [3.8, 4) is 0 Å². The largest absolute Gasteiger partial charge is 0.459 e. The monoisotopic (exact) mass is 331 g/mol. The molecule has 0 N–H and O–H groups in total. The Balaban J connectivity index is 1.98. The van der Waals surface area contributed by atoms with Crippen LogP contribution in [0.3, 0.4) is 0 Å². The summed E-state index contributed by atoms with van der Waals surface area (Å²) in [6.07, 6.45) is -0.452. The maximum atomic E-state index is 12.5. The van der Waals surface area contributed by atoms with Gasteiger partial charge in [0.1, 0.15) is 17.6 Å². The van der Waals surface area contributed by atoms with Crippen LogP contribution in [-0.4, -0.2) is 35.7 Å². The number of benzene rings is 1. The third-order valence-electron chi connectivity index (χ3n) is 3.98. The molecular weight excluding hydrogens is 306 g/mol. The number of esters is 1. The first kappa shape index (κ1) is 18.0. The van der Waals surface area contributed by atoms with E-state index < -0.39 is 17.1 Å². The van der Waals surface area contributed by atoms with Crippen LogP contribution in [0.2, 0.25) is 0 Å². The Labute approximate surface area is 143 Å². The quantitative estimate of drug-likeness (QED) is 0.628. The molecule has 1 aromatic carbocycles. The number of nitrogens with zero attached hydrogens (tertiary/aromatic N) is 1. The van der Waals surface area contributed by atoms with Crippen LogP contribution in [0, 0.1) is 5.41 Å². The Bertz CT molecular complexity index is 633. The lowest BCUT2D eigenvalue weighted by Crippen LogP contribution is -2.39. The SMILES string of the molecule is C=C1CN(C(=O)OCc2ccccc2)C[C@@]1(C)C(=O)OC(C)(C)C. The molecule has 2 rings (SSSR count). The summed E-state index contributed by atoms with van der Waals surface area (Å²) in [6, 6.07) is 9.46. The maximum Gasteiger partial charge on any atom is 0.410 e. The number of hydrogen-bond donors (Lipinski definition) is 0. The van der Waals surface area contributed by atoms with Gasteiger partial charge in [-0.05, 0) is 38.8 Å². The molecule has 0 saturated carbocycles. The molecule has 0 unspecified atom stereocenters. The molecule has 1 aromatic rings. The summed E-state index contributed by atoms with van der Waals surface area (Å²) < 4.78 is 10.8. The van der Waals surface area contributed by atoms with Gasteiger partial charge in [0.2, 0.25) is 0 Å². The number of rotatable bonds is 3. The van der Waals surface area contributed by atoms with Crippen LogP contribution in [0.5, 0.6) is 0 Å². The van der Waals surface area contributed by atoms with Crippen LogP contribution in [-0.2, 0) is 20.9 Å². The van der Waals surface area contributed by atoms with E-state index in [0.717, 1.165) is 5.56 Å². The summed E-state index contributed by atoms with van der Waals surface area (Å²) in [5, 5.41) is 0. The highest BCUT2D eigenvalue weighted by Gasteiger charge is 2.47. The van der Waals surface area contributed by atoms with Crippen LogP contribution >= 0.6 is 0 Å². The second-order valence-corrected chi connectivity index (χ2v) is 7.33. The third-order valence-corrected chi connectivity index (χ3v) is 3.98. The van der Waals surface area contributed by atoms with Crippen molar-refractivity contribution in [1.82, 2.24) is 4.90 Å². The Morgan fingerprint density at radius 1 is 1.25 bits per heavy atom. The molecule has 0 radical (unpaired) electrons. The van der Waals surface area contributed by atoms with Crippen molar-refractivity contribution in [2.24, 2.45) is 5.41 Å². The fourth-order valence-corrected chi connectivity index (χ4v) is 2.49. The Hall–Kier alpha value is -2.30. The number of ether oxygens (including phenoxy) is 2. The molecule has 0 aromatic heterocycles. The van der Waals surface area contributed by atoms with Crippen LogP contribution < -0.4 is 0 Å². The average Bonchev–Trinajstić information content (AvgIpc) is 2.81. The van der Waals surface area contributed by atoms with E-state index in [4.69, 9.17) is 9.47 Å². The summed E-state index contributed by atoms with van der Waals surface area (Å²) in [4.78, 5) is 26.2. The number of amides is 1. The van der Waals surface area contributed by atoms with E-state index >= 15 is 0 Å². The van der Waals surface area contributed by atoms with E-state index in [9.17, 15) is 9.59 Å². The van der Waals surface area contributed by atoms with Crippen LogP contribution in [0.25, 0.3) is 0 Å². The summed E-state index contributed by atoms with van der Waals surface area (Å²) in [7, 11) is 0. The molecule has 5 nitrogen and oxygen atoms in total. The minimum atomic E-state index is -0.904. The summed E-state index contributed by atoms with van der Waals surface area (Å²) in [5.74, 6) is -0.363. The first-order chi connectivity index (χ1) is 11.1. The summed E-state index contributed by atoms with van der Waals surface area (Å²) in [5.41, 5.74) is 0.0906. The molecule has 1 amide bonds. The molecule has 0 aliphatic carbocycles. The van der Waals surface area contributed by atoms with Gasteiger partial charge in [-0.2, -0.15) is 0 Å². The van der Waals surface area contributed by atoms with E-state index in [0.29, 0.717) is 12.1 Å². The van der Waals surface area contributed by atoms with E-state index in [-0.39, 0.29) is 19.1 Å². The Kier molecular flexibility index (Phi) is 5.02. The second-order valence-electron chi connectivity index (χ2n) is 7.33. The molecule has 5 heteroatoms. The highest BCUT2D eigenvalue weighted by molar-refractivity contribution is 5.83. The van der Waals surface area contributed by atoms with Gasteiger partial charge < -0.3 is 14.4 Å². The fourth-order valence-electron chi connectivity index (χ4n) is 2.49. The topological polar surface area (TPSA) is 55.8 Å². The van der Waals surface area contributed by atoms with E-state index in [1.54, 1.807) is 6.92 Å². The fraction of sp³-hybridized carbons (Fsp3) is 0.474. The van der Waals surface area contributed by atoms with E-state index in [1.165, 1.54) is 4.90 Å². The highest BCUT2D eigenvalue weighted by atomic mass is 16.6. The van der Waals surface area contributed by atoms with Crippen molar-refractivity contribution in [2.45, 2.75) is 39.9 Å². The van der Waals surface area contributed by atoms with Gasteiger partial charge in [-0.3, -0.25) is 4.79 Å². The van der Waals surface area contributed by atoms with Gasteiger partial charge >= 0.3 is 12.1 Å². The van der Waals surface area contributed by atoms with Gasteiger partial charge in [-0.25, -0.2) is 4.79 Å². The average molecular weight is 331 g/mol. The van der Waals surface area contributed by atoms with Crippen molar-refractivity contribution in [3.63, 3.8) is 0 Å². The van der Waals surface area contributed by atoms with Crippen molar-refractivity contribution in [1.29, 1.82) is 0 Å².